The van der Waals surface area contributed by atoms with Gasteiger partial charge in [0.05, 0.1) is 12.2 Å². The molecule has 2 atom stereocenters. The number of aliphatic hydroxyl groups is 1. The third kappa shape index (κ3) is 1.42. The van der Waals surface area contributed by atoms with Gasteiger partial charge in [0, 0.05) is 6.61 Å². The number of rotatable bonds is 2. The summed E-state index contributed by atoms with van der Waals surface area (Å²) < 4.78 is 5.25. The molecule has 2 rings (SSSR count). The maximum absolute atomic E-state index is 9.74. The van der Waals surface area contributed by atoms with Crippen molar-refractivity contribution in [1.29, 1.82) is 0 Å². The van der Waals surface area contributed by atoms with Gasteiger partial charge in [-0.05, 0) is 25.2 Å². The third-order valence-electron chi connectivity index (χ3n) is 3.00. The van der Waals surface area contributed by atoms with Crippen molar-refractivity contribution in [3.05, 3.63) is 0 Å². The average Bonchev–Trinajstić information content (AvgIpc) is 2.32. The maximum atomic E-state index is 9.74. The third-order valence-corrected chi connectivity index (χ3v) is 3.00. The molecule has 1 aliphatic heterocycles. The Kier molecular flexibility index (Phi) is 2.14. The van der Waals surface area contributed by atoms with E-state index in [9.17, 15) is 5.11 Å². The van der Waals surface area contributed by atoms with Gasteiger partial charge in [-0.15, -0.1) is 0 Å². The van der Waals surface area contributed by atoms with Gasteiger partial charge in [-0.25, -0.2) is 0 Å². The summed E-state index contributed by atoms with van der Waals surface area (Å²) in [6, 6.07) is 0. The van der Waals surface area contributed by atoms with E-state index in [0.29, 0.717) is 5.92 Å². The van der Waals surface area contributed by atoms with E-state index in [4.69, 9.17) is 4.74 Å². The minimum Gasteiger partial charge on any atom is -0.390 e. The van der Waals surface area contributed by atoms with Gasteiger partial charge in [0.1, 0.15) is 0 Å². The second-order valence-corrected chi connectivity index (χ2v) is 3.73. The summed E-state index contributed by atoms with van der Waals surface area (Å²) in [4.78, 5) is 0. The zero-order valence-corrected chi connectivity index (χ0v) is 6.83. The molecule has 2 heteroatoms. The lowest BCUT2D eigenvalue weighted by molar-refractivity contribution is -0.132. The normalized spacial score (nSPS) is 35.2. The van der Waals surface area contributed by atoms with Crippen molar-refractivity contribution in [3.8, 4) is 0 Å². The molecule has 2 aliphatic rings. The van der Waals surface area contributed by atoms with Gasteiger partial charge in [-0.3, -0.25) is 0 Å². The molecule has 1 aliphatic carbocycles. The van der Waals surface area contributed by atoms with E-state index in [1.54, 1.807) is 0 Å². The molecule has 1 N–H and O–H groups in total. The highest BCUT2D eigenvalue weighted by atomic mass is 16.5. The van der Waals surface area contributed by atoms with Gasteiger partial charge in [0.2, 0.25) is 0 Å². The largest absolute Gasteiger partial charge is 0.390 e. The molecule has 1 saturated heterocycles. The Morgan fingerprint density at radius 1 is 1.18 bits per heavy atom. The highest BCUT2D eigenvalue weighted by Gasteiger charge is 2.33. The lowest BCUT2D eigenvalue weighted by Gasteiger charge is -2.33. The van der Waals surface area contributed by atoms with E-state index < -0.39 is 0 Å². The summed E-state index contributed by atoms with van der Waals surface area (Å²) in [7, 11) is 0. The zero-order chi connectivity index (χ0) is 7.68. The lowest BCUT2D eigenvalue weighted by atomic mass is 9.93. The Bertz CT molecular complexity index is 126. The van der Waals surface area contributed by atoms with E-state index in [2.05, 4.69) is 0 Å². The Morgan fingerprint density at radius 3 is 2.27 bits per heavy atom. The summed E-state index contributed by atoms with van der Waals surface area (Å²) in [5, 5.41) is 9.74. The zero-order valence-electron chi connectivity index (χ0n) is 6.83. The number of hydrogen-bond donors (Lipinski definition) is 1. The predicted octanol–water partition coefficient (Wildman–Crippen LogP) is 1.33. The lowest BCUT2D eigenvalue weighted by Crippen LogP contribution is -2.41. The molecule has 0 bridgehead atoms. The first kappa shape index (κ1) is 7.56. The van der Waals surface area contributed by atoms with Gasteiger partial charge < -0.3 is 9.84 Å². The fourth-order valence-electron chi connectivity index (χ4n) is 2.13. The molecular weight excluding hydrogens is 140 g/mol. The van der Waals surface area contributed by atoms with E-state index in [1.807, 2.05) is 0 Å². The average molecular weight is 156 g/mol. The van der Waals surface area contributed by atoms with Crippen molar-refractivity contribution in [2.24, 2.45) is 5.92 Å². The number of hydrogen-bond acceptors (Lipinski definition) is 2. The highest BCUT2D eigenvalue weighted by Crippen LogP contribution is 2.32. The summed E-state index contributed by atoms with van der Waals surface area (Å²) >= 11 is 0. The van der Waals surface area contributed by atoms with Crippen molar-refractivity contribution >= 4 is 0 Å². The Morgan fingerprint density at radius 2 is 1.82 bits per heavy atom. The molecule has 2 fully saturated rings. The van der Waals surface area contributed by atoms with Crippen LogP contribution in [-0.4, -0.2) is 23.9 Å². The minimum absolute atomic E-state index is 0.161. The van der Waals surface area contributed by atoms with Crippen molar-refractivity contribution in [3.63, 3.8) is 0 Å². The Labute approximate surface area is 67.6 Å². The topological polar surface area (TPSA) is 29.5 Å². The van der Waals surface area contributed by atoms with E-state index in [-0.39, 0.29) is 12.2 Å². The summed E-state index contributed by atoms with van der Waals surface area (Å²) in [6.45, 7) is 0.856. The van der Waals surface area contributed by atoms with E-state index >= 15 is 0 Å². The van der Waals surface area contributed by atoms with Gasteiger partial charge in [0.15, 0.2) is 0 Å². The van der Waals surface area contributed by atoms with Crippen LogP contribution in [0.25, 0.3) is 0 Å². The van der Waals surface area contributed by atoms with Crippen LogP contribution in [0.15, 0.2) is 0 Å². The maximum Gasteiger partial charge on any atom is 0.0858 e. The molecule has 0 spiro atoms. The first-order valence-electron chi connectivity index (χ1n) is 4.67. The van der Waals surface area contributed by atoms with E-state index in [0.717, 1.165) is 13.0 Å². The van der Waals surface area contributed by atoms with Gasteiger partial charge in [-0.2, -0.15) is 0 Å². The predicted molar refractivity (Wildman–Crippen MR) is 42.3 cm³/mol. The van der Waals surface area contributed by atoms with Crippen LogP contribution in [0.5, 0.6) is 0 Å². The highest BCUT2D eigenvalue weighted by molar-refractivity contribution is 4.83. The number of ether oxygens (including phenoxy) is 1. The molecule has 0 aromatic carbocycles. The first-order chi connectivity index (χ1) is 5.38. The minimum atomic E-state index is -0.161. The van der Waals surface area contributed by atoms with E-state index in [1.165, 1.54) is 25.7 Å². The van der Waals surface area contributed by atoms with Gasteiger partial charge in [0.25, 0.3) is 0 Å². The molecule has 2 unspecified atom stereocenters. The SMILES string of the molecule is OC(C1CCCC1)C1CCO1. The summed E-state index contributed by atoms with van der Waals surface area (Å²) in [6.07, 6.45) is 6.10. The molecule has 1 saturated carbocycles. The van der Waals surface area contributed by atoms with Crippen LogP contribution >= 0.6 is 0 Å². The monoisotopic (exact) mass is 156 g/mol. The molecule has 2 nitrogen and oxygen atoms in total. The van der Waals surface area contributed by atoms with Crippen LogP contribution in [0.2, 0.25) is 0 Å². The van der Waals surface area contributed by atoms with Crippen molar-refractivity contribution in [1.82, 2.24) is 0 Å². The fourth-order valence-corrected chi connectivity index (χ4v) is 2.13. The van der Waals surface area contributed by atoms with Crippen molar-refractivity contribution in [2.45, 2.75) is 44.3 Å². The molecule has 11 heavy (non-hydrogen) atoms. The van der Waals surface area contributed by atoms with Crippen LogP contribution in [0, 0.1) is 5.92 Å². The van der Waals surface area contributed by atoms with Crippen LogP contribution in [0.3, 0.4) is 0 Å². The van der Waals surface area contributed by atoms with Crippen LogP contribution in [0.4, 0.5) is 0 Å². The second-order valence-electron chi connectivity index (χ2n) is 3.73. The first-order valence-corrected chi connectivity index (χ1v) is 4.67. The second kappa shape index (κ2) is 3.11. The van der Waals surface area contributed by atoms with Crippen LogP contribution in [-0.2, 0) is 4.74 Å². The van der Waals surface area contributed by atoms with Crippen LogP contribution < -0.4 is 0 Å². The smallest absolute Gasteiger partial charge is 0.0858 e. The molecule has 1 heterocycles. The molecular formula is C9H16O2. The molecule has 0 aromatic rings. The van der Waals surface area contributed by atoms with Gasteiger partial charge in [-0.1, -0.05) is 12.8 Å². The number of aliphatic hydroxyl groups excluding tert-OH is 1. The summed E-state index contributed by atoms with van der Waals surface area (Å²) in [5.41, 5.74) is 0. The summed E-state index contributed by atoms with van der Waals surface area (Å²) in [5.74, 6) is 0.542. The molecule has 0 radical (unpaired) electrons. The van der Waals surface area contributed by atoms with Crippen LogP contribution in [0.1, 0.15) is 32.1 Å². The molecule has 0 amide bonds. The standard InChI is InChI=1S/C9H16O2/c10-9(8-5-6-11-8)7-3-1-2-4-7/h7-10H,1-6H2. The quantitative estimate of drug-likeness (QED) is 0.653. The molecule has 0 aromatic heterocycles. The Hall–Kier alpha value is -0.0800. The van der Waals surface area contributed by atoms with Crippen molar-refractivity contribution < 1.29 is 9.84 Å². The van der Waals surface area contributed by atoms with Gasteiger partial charge >= 0.3 is 0 Å². The molecule has 64 valence electrons. The van der Waals surface area contributed by atoms with Crippen molar-refractivity contribution in [2.75, 3.05) is 6.61 Å². The Balaban J connectivity index is 1.82. The fraction of sp³-hybridized carbons (Fsp3) is 1.00.